The number of hydrogen-bond acceptors (Lipinski definition) is 3. The van der Waals surface area contributed by atoms with Crippen LogP contribution in [0.2, 0.25) is 0 Å². The summed E-state index contributed by atoms with van der Waals surface area (Å²) in [4.78, 5) is 8.72. The Labute approximate surface area is 85.0 Å². The minimum Gasteiger partial charge on any atom is -0.316 e. The van der Waals surface area contributed by atoms with E-state index in [0.717, 1.165) is 37.7 Å². The third-order valence-corrected chi connectivity index (χ3v) is 2.74. The lowest BCUT2D eigenvalue weighted by molar-refractivity contribution is 0.569. The molecule has 0 bridgehead atoms. The number of aryl methyl sites for hydroxylation is 1. The lowest BCUT2D eigenvalue weighted by Gasteiger charge is -2.07. The lowest BCUT2D eigenvalue weighted by atomic mass is 10.0. The number of rotatable bonds is 3. The van der Waals surface area contributed by atoms with Crippen molar-refractivity contribution >= 4 is 0 Å². The summed E-state index contributed by atoms with van der Waals surface area (Å²) in [5, 5.41) is 3.38. The molecule has 3 heteroatoms. The Hall–Kier alpha value is -0.960. The zero-order valence-electron chi connectivity index (χ0n) is 8.66. The molecule has 1 aliphatic rings. The molecule has 1 N–H and O–H groups in total. The van der Waals surface area contributed by atoms with Crippen LogP contribution in [0.25, 0.3) is 0 Å². The summed E-state index contributed by atoms with van der Waals surface area (Å²) in [5.41, 5.74) is 1.20. The van der Waals surface area contributed by atoms with Crippen LogP contribution >= 0.6 is 0 Å². The maximum absolute atomic E-state index is 4.52. The zero-order valence-corrected chi connectivity index (χ0v) is 8.66. The molecule has 0 aromatic carbocycles. The first-order valence-electron chi connectivity index (χ1n) is 5.40. The van der Waals surface area contributed by atoms with E-state index in [1.165, 1.54) is 12.1 Å². The second kappa shape index (κ2) is 4.51. The normalized spacial score (nSPS) is 21.4. The molecule has 0 spiro atoms. The Kier molecular flexibility index (Phi) is 3.09. The molecule has 1 aromatic heterocycles. The molecule has 76 valence electrons. The highest BCUT2D eigenvalue weighted by Gasteiger charge is 2.15. The minimum atomic E-state index is 0.773. The van der Waals surface area contributed by atoms with E-state index < -0.39 is 0 Å². The highest BCUT2D eigenvalue weighted by molar-refractivity contribution is 5.04. The van der Waals surface area contributed by atoms with E-state index in [4.69, 9.17) is 0 Å². The van der Waals surface area contributed by atoms with Crippen molar-refractivity contribution in [2.24, 2.45) is 5.92 Å². The first-order chi connectivity index (χ1) is 6.88. The average Bonchev–Trinajstić information content (AvgIpc) is 2.71. The third kappa shape index (κ3) is 2.29. The largest absolute Gasteiger partial charge is 0.316 e. The summed E-state index contributed by atoms with van der Waals surface area (Å²) >= 11 is 0. The van der Waals surface area contributed by atoms with E-state index in [2.05, 4.69) is 22.2 Å². The second-order valence-corrected chi connectivity index (χ2v) is 3.88. The molecule has 0 radical (unpaired) electrons. The van der Waals surface area contributed by atoms with Gasteiger partial charge >= 0.3 is 0 Å². The summed E-state index contributed by atoms with van der Waals surface area (Å²) in [6.07, 6.45) is 5.19. The summed E-state index contributed by atoms with van der Waals surface area (Å²) in [6, 6.07) is 2.04. The van der Waals surface area contributed by atoms with Crippen LogP contribution in [-0.4, -0.2) is 23.1 Å². The van der Waals surface area contributed by atoms with Crippen molar-refractivity contribution in [3.8, 4) is 0 Å². The molecule has 0 saturated carbocycles. The minimum absolute atomic E-state index is 0.773. The van der Waals surface area contributed by atoms with Crippen molar-refractivity contribution in [3.05, 3.63) is 23.8 Å². The van der Waals surface area contributed by atoms with Gasteiger partial charge in [0.15, 0.2) is 0 Å². The highest BCUT2D eigenvalue weighted by Crippen LogP contribution is 2.13. The third-order valence-electron chi connectivity index (χ3n) is 2.74. The molecule has 1 aromatic rings. The van der Waals surface area contributed by atoms with E-state index in [1.54, 1.807) is 0 Å². The molecule has 1 unspecified atom stereocenters. The van der Waals surface area contributed by atoms with Crippen LogP contribution in [0.4, 0.5) is 0 Å². The van der Waals surface area contributed by atoms with Gasteiger partial charge in [0.2, 0.25) is 0 Å². The molecule has 1 saturated heterocycles. The van der Waals surface area contributed by atoms with Gasteiger partial charge < -0.3 is 5.32 Å². The van der Waals surface area contributed by atoms with Crippen molar-refractivity contribution in [1.29, 1.82) is 0 Å². The maximum atomic E-state index is 4.52. The molecule has 1 atom stereocenters. The lowest BCUT2D eigenvalue weighted by Crippen LogP contribution is -2.11. The van der Waals surface area contributed by atoms with Gasteiger partial charge in [-0.05, 0) is 37.9 Å². The number of hydrogen-bond donors (Lipinski definition) is 1. The summed E-state index contributed by atoms with van der Waals surface area (Å²) in [5.74, 6) is 1.74. The Morgan fingerprint density at radius 1 is 1.57 bits per heavy atom. The fourth-order valence-electron chi connectivity index (χ4n) is 1.91. The van der Waals surface area contributed by atoms with Crippen LogP contribution in [0.1, 0.15) is 24.9 Å². The Bertz CT molecular complexity index is 292. The molecule has 2 heterocycles. The van der Waals surface area contributed by atoms with Gasteiger partial charge in [0.1, 0.15) is 5.82 Å². The molecular formula is C11H17N3. The summed E-state index contributed by atoms with van der Waals surface area (Å²) < 4.78 is 0. The van der Waals surface area contributed by atoms with Gasteiger partial charge in [0.05, 0.1) is 0 Å². The Balaban J connectivity index is 2.00. The molecule has 0 amide bonds. The maximum Gasteiger partial charge on any atom is 0.128 e. The fraction of sp³-hybridized carbons (Fsp3) is 0.636. The average molecular weight is 191 g/mol. The first-order valence-corrected chi connectivity index (χ1v) is 5.40. The number of aromatic nitrogens is 2. The standard InChI is InChI=1S/C11H17N3/c1-2-11-13-6-4-10(14-11)7-9-3-5-12-8-9/h4,6,9,12H,2-3,5,7-8H2,1H3. The highest BCUT2D eigenvalue weighted by atomic mass is 14.9. The Morgan fingerprint density at radius 3 is 3.21 bits per heavy atom. The predicted molar refractivity (Wildman–Crippen MR) is 56.1 cm³/mol. The van der Waals surface area contributed by atoms with E-state index in [0.29, 0.717) is 0 Å². The van der Waals surface area contributed by atoms with Gasteiger partial charge in [-0.25, -0.2) is 9.97 Å². The quantitative estimate of drug-likeness (QED) is 0.780. The topological polar surface area (TPSA) is 37.8 Å². The molecule has 1 fully saturated rings. The molecule has 1 aliphatic heterocycles. The smallest absolute Gasteiger partial charge is 0.128 e. The van der Waals surface area contributed by atoms with Crippen molar-refractivity contribution in [2.45, 2.75) is 26.2 Å². The molecule has 0 aliphatic carbocycles. The van der Waals surface area contributed by atoms with Gasteiger partial charge in [0.25, 0.3) is 0 Å². The fourth-order valence-corrected chi connectivity index (χ4v) is 1.91. The van der Waals surface area contributed by atoms with Gasteiger partial charge in [0, 0.05) is 18.3 Å². The second-order valence-electron chi connectivity index (χ2n) is 3.88. The van der Waals surface area contributed by atoms with Crippen molar-refractivity contribution in [1.82, 2.24) is 15.3 Å². The molecule has 14 heavy (non-hydrogen) atoms. The monoisotopic (exact) mass is 191 g/mol. The SMILES string of the molecule is CCc1nccc(CC2CCNC2)n1. The van der Waals surface area contributed by atoms with E-state index in [9.17, 15) is 0 Å². The zero-order chi connectivity index (χ0) is 9.80. The van der Waals surface area contributed by atoms with E-state index >= 15 is 0 Å². The van der Waals surface area contributed by atoms with Gasteiger partial charge in [-0.2, -0.15) is 0 Å². The molecule has 3 nitrogen and oxygen atoms in total. The van der Waals surface area contributed by atoms with Crippen LogP contribution in [-0.2, 0) is 12.8 Å². The van der Waals surface area contributed by atoms with Gasteiger partial charge in [-0.15, -0.1) is 0 Å². The van der Waals surface area contributed by atoms with E-state index in [-0.39, 0.29) is 0 Å². The predicted octanol–water partition coefficient (Wildman–Crippen LogP) is 1.19. The first kappa shape index (κ1) is 9.59. The van der Waals surface area contributed by atoms with E-state index in [1.807, 2.05) is 12.3 Å². The number of nitrogens with one attached hydrogen (secondary N) is 1. The van der Waals surface area contributed by atoms with Crippen LogP contribution < -0.4 is 5.32 Å². The van der Waals surface area contributed by atoms with Crippen LogP contribution in [0.3, 0.4) is 0 Å². The summed E-state index contributed by atoms with van der Waals surface area (Å²) in [6.45, 7) is 4.40. The van der Waals surface area contributed by atoms with Crippen LogP contribution in [0.5, 0.6) is 0 Å². The van der Waals surface area contributed by atoms with Crippen molar-refractivity contribution in [2.75, 3.05) is 13.1 Å². The molecule has 2 rings (SSSR count). The Morgan fingerprint density at radius 2 is 2.50 bits per heavy atom. The van der Waals surface area contributed by atoms with Gasteiger partial charge in [-0.3, -0.25) is 0 Å². The van der Waals surface area contributed by atoms with Gasteiger partial charge in [-0.1, -0.05) is 6.92 Å². The van der Waals surface area contributed by atoms with Crippen molar-refractivity contribution in [3.63, 3.8) is 0 Å². The van der Waals surface area contributed by atoms with Crippen molar-refractivity contribution < 1.29 is 0 Å². The van der Waals surface area contributed by atoms with Crippen LogP contribution in [0.15, 0.2) is 12.3 Å². The summed E-state index contributed by atoms with van der Waals surface area (Å²) in [7, 11) is 0. The van der Waals surface area contributed by atoms with Crippen LogP contribution in [0, 0.1) is 5.92 Å². The number of nitrogens with zero attached hydrogens (tertiary/aromatic N) is 2. The molecular weight excluding hydrogens is 174 g/mol.